The number of rotatable bonds is 5. The van der Waals surface area contributed by atoms with E-state index in [9.17, 15) is 18.0 Å². The van der Waals surface area contributed by atoms with Crippen molar-refractivity contribution in [2.24, 2.45) is 0 Å². The lowest BCUT2D eigenvalue weighted by Crippen LogP contribution is -2.44. The van der Waals surface area contributed by atoms with Crippen LogP contribution in [0.3, 0.4) is 0 Å². The molecule has 0 saturated carbocycles. The molecule has 0 radical (unpaired) electrons. The molecule has 2 fully saturated rings. The number of halogens is 3. The second kappa shape index (κ2) is 10.5. The van der Waals surface area contributed by atoms with Crippen LogP contribution in [0.4, 0.5) is 29.6 Å². The Morgan fingerprint density at radius 3 is 2.57 bits per heavy atom. The molecule has 198 valence electrons. The van der Waals surface area contributed by atoms with Crippen molar-refractivity contribution in [2.45, 2.75) is 38.0 Å². The number of fused-ring (bicyclic) bond motifs is 1. The lowest BCUT2D eigenvalue weighted by molar-refractivity contribution is -0.122. The highest BCUT2D eigenvalue weighted by molar-refractivity contribution is 5.93. The summed E-state index contributed by atoms with van der Waals surface area (Å²) in [4.78, 5) is 23.8. The average Bonchev–Trinajstić information content (AvgIpc) is 3.32. The number of alkyl halides is 3. The number of hydrogen-bond acceptors (Lipinski definition) is 7. The van der Waals surface area contributed by atoms with Gasteiger partial charge in [0.2, 0.25) is 5.95 Å². The summed E-state index contributed by atoms with van der Waals surface area (Å²) >= 11 is 0. The molecule has 0 aliphatic carbocycles. The van der Waals surface area contributed by atoms with Gasteiger partial charge in [0.05, 0.1) is 42.6 Å². The highest BCUT2D eigenvalue weighted by Crippen LogP contribution is 2.33. The van der Waals surface area contributed by atoms with Gasteiger partial charge in [0.1, 0.15) is 6.54 Å². The van der Waals surface area contributed by atoms with E-state index in [0.29, 0.717) is 50.3 Å². The van der Waals surface area contributed by atoms with E-state index >= 15 is 0 Å². The zero-order valence-electron chi connectivity index (χ0n) is 20.3. The maximum atomic E-state index is 12.4. The molecule has 0 unspecified atom stereocenters. The first-order valence-corrected chi connectivity index (χ1v) is 12.2. The first kappa shape index (κ1) is 25.2. The number of morpholine rings is 1. The SMILES string of the molecule is C[C@H]1COCCN1c1nc(-c2ccc(NC(=O)NCC(F)(F)F)cc2)c2cnn(C3CCOCC3)c2n1. The highest BCUT2D eigenvalue weighted by atomic mass is 19.4. The number of benzene rings is 1. The summed E-state index contributed by atoms with van der Waals surface area (Å²) in [5.74, 6) is 0.584. The number of aromatic nitrogens is 4. The van der Waals surface area contributed by atoms with Crippen molar-refractivity contribution in [3.63, 3.8) is 0 Å². The smallest absolute Gasteiger partial charge is 0.381 e. The maximum Gasteiger partial charge on any atom is 0.405 e. The predicted octanol–water partition coefficient (Wildman–Crippen LogP) is 3.75. The molecule has 3 aromatic rings. The van der Waals surface area contributed by atoms with Crippen molar-refractivity contribution in [3.05, 3.63) is 30.5 Å². The zero-order valence-corrected chi connectivity index (χ0v) is 20.3. The van der Waals surface area contributed by atoms with Gasteiger partial charge in [-0.05, 0) is 31.9 Å². The predicted molar refractivity (Wildman–Crippen MR) is 131 cm³/mol. The van der Waals surface area contributed by atoms with Crippen molar-refractivity contribution < 1.29 is 27.4 Å². The Morgan fingerprint density at radius 1 is 1.11 bits per heavy atom. The van der Waals surface area contributed by atoms with Crippen LogP contribution in [-0.2, 0) is 9.47 Å². The molecular formula is C24H28F3N7O3. The Kier molecular flexibility index (Phi) is 7.15. The first-order chi connectivity index (χ1) is 17.8. The number of urea groups is 1. The summed E-state index contributed by atoms with van der Waals surface area (Å²) in [7, 11) is 0. The summed E-state index contributed by atoms with van der Waals surface area (Å²) in [6.45, 7) is 3.81. The molecule has 13 heteroatoms. The number of ether oxygens (including phenoxy) is 2. The van der Waals surface area contributed by atoms with Gasteiger partial charge in [-0.15, -0.1) is 0 Å². The van der Waals surface area contributed by atoms with E-state index in [4.69, 9.17) is 19.4 Å². The Hall–Kier alpha value is -3.45. The summed E-state index contributed by atoms with van der Waals surface area (Å²) in [6, 6.07) is 6.10. The molecule has 1 aromatic carbocycles. The lowest BCUT2D eigenvalue weighted by Gasteiger charge is -2.33. The molecular weight excluding hydrogens is 491 g/mol. The monoisotopic (exact) mass is 519 g/mol. The molecule has 0 bridgehead atoms. The number of carbonyl (C=O) groups excluding carboxylic acids is 1. The molecule has 2 saturated heterocycles. The van der Waals surface area contributed by atoms with Gasteiger partial charge in [-0.25, -0.2) is 14.5 Å². The third kappa shape index (κ3) is 5.77. The van der Waals surface area contributed by atoms with Crippen molar-refractivity contribution in [2.75, 3.05) is 49.7 Å². The van der Waals surface area contributed by atoms with E-state index in [-0.39, 0.29) is 12.1 Å². The highest BCUT2D eigenvalue weighted by Gasteiger charge is 2.28. The van der Waals surface area contributed by atoms with Crippen LogP contribution in [0, 0.1) is 0 Å². The standard InChI is InChI=1S/C24H28F3N7O3/c1-15-13-37-11-8-33(15)22-31-20(19-12-29-34(21(19)32-22)18-6-9-36-10-7-18)16-2-4-17(5-3-16)30-23(35)28-14-24(25,26)27/h2-5,12,15,18H,6-11,13-14H2,1H3,(H2,28,30,35)/t15-/m0/s1. The van der Waals surface area contributed by atoms with Crippen molar-refractivity contribution in [3.8, 4) is 11.3 Å². The van der Waals surface area contributed by atoms with Crippen molar-refractivity contribution in [1.29, 1.82) is 0 Å². The van der Waals surface area contributed by atoms with E-state index in [1.54, 1.807) is 35.8 Å². The lowest BCUT2D eigenvalue weighted by atomic mass is 10.1. The van der Waals surface area contributed by atoms with Crippen LogP contribution in [0.5, 0.6) is 0 Å². The minimum Gasteiger partial charge on any atom is -0.381 e. The Balaban J connectivity index is 1.47. The van der Waals surface area contributed by atoms with Crippen molar-refractivity contribution >= 4 is 28.7 Å². The molecule has 2 N–H and O–H groups in total. The van der Waals surface area contributed by atoms with Crippen LogP contribution in [0.1, 0.15) is 25.8 Å². The minimum atomic E-state index is -4.48. The number of hydrogen-bond donors (Lipinski definition) is 2. The summed E-state index contributed by atoms with van der Waals surface area (Å²) in [6.07, 6.45) is -1.03. The third-order valence-corrected chi connectivity index (χ3v) is 6.47. The molecule has 1 atom stereocenters. The molecule has 37 heavy (non-hydrogen) atoms. The van der Waals surface area contributed by atoms with Gasteiger partial charge in [-0.2, -0.15) is 23.3 Å². The van der Waals surface area contributed by atoms with Crippen LogP contribution in [0.25, 0.3) is 22.3 Å². The Bertz CT molecular complexity index is 1240. The fraction of sp³-hybridized carbons (Fsp3) is 0.500. The zero-order chi connectivity index (χ0) is 26.0. The second-order valence-corrected chi connectivity index (χ2v) is 9.16. The van der Waals surface area contributed by atoms with E-state index in [0.717, 1.165) is 29.4 Å². The van der Waals surface area contributed by atoms with E-state index in [1.807, 2.05) is 4.68 Å². The van der Waals surface area contributed by atoms with Crippen LogP contribution < -0.4 is 15.5 Å². The number of carbonyl (C=O) groups is 1. The molecule has 2 aromatic heterocycles. The van der Waals surface area contributed by atoms with Crippen LogP contribution in [0.2, 0.25) is 0 Å². The summed E-state index contributed by atoms with van der Waals surface area (Å²) in [5.41, 5.74) is 2.54. The maximum absolute atomic E-state index is 12.4. The van der Waals surface area contributed by atoms with Gasteiger partial charge in [-0.1, -0.05) is 12.1 Å². The number of amides is 2. The fourth-order valence-electron chi connectivity index (χ4n) is 4.55. The Labute approximate surface area is 211 Å². The molecule has 10 nitrogen and oxygen atoms in total. The molecule has 2 amide bonds. The number of anilines is 2. The molecule has 2 aliphatic heterocycles. The number of nitrogens with zero attached hydrogens (tertiary/aromatic N) is 5. The third-order valence-electron chi connectivity index (χ3n) is 6.47. The Morgan fingerprint density at radius 2 is 1.86 bits per heavy atom. The topological polar surface area (TPSA) is 106 Å². The van der Waals surface area contributed by atoms with Crippen LogP contribution in [-0.4, -0.2) is 77.5 Å². The van der Waals surface area contributed by atoms with Gasteiger partial charge >= 0.3 is 12.2 Å². The first-order valence-electron chi connectivity index (χ1n) is 12.2. The summed E-state index contributed by atoms with van der Waals surface area (Å²) in [5, 5.41) is 9.66. The molecule has 0 spiro atoms. The van der Waals surface area contributed by atoms with Gasteiger partial charge in [0, 0.05) is 31.0 Å². The fourth-order valence-corrected chi connectivity index (χ4v) is 4.55. The molecule has 2 aliphatic rings. The quantitative estimate of drug-likeness (QED) is 0.529. The van der Waals surface area contributed by atoms with Crippen LogP contribution >= 0.6 is 0 Å². The van der Waals surface area contributed by atoms with E-state index < -0.39 is 18.8 Å². The second-order valence-electron chi connectivity index (χ2n) is 9.16. The van der Waals surface area contributed by atoms with E-state index in [1.165, 1.54) is 0 Å². The van der Waals surface area contributed by atoms with Gasteiger partial charge in [-0.3, -0.25) is 0 Å². The number of nitrogens with one attached hydrogen (secondary N) is 2. The van der Waals surface area contributed by atoms with Gasteiger partial charge < -0.3 is 25.0 Å². The van der Waals surface area contributed by atoms with Gasteiger partial charge in [0.15, 0.2) is 5.65 Å². The van der Waals surface area contributed by atoms with E-state index in [2.05, 4.69) is 22.2 Å². The largest absolute Gasteiger partial charge is 0.405 e. The molecule has 5 rings (SSSR count). The van der Waals surface area contributed by atoms with Gasteiger partial charge in [0.25, 0.3) is 0 Å². The molecule has 4 heterocycles. The average molecular weight is 520 g/mol. The normalized spacial score (nSPS) is 19.2. The minimum absolute atomic E-state index is 0.0975. The summed E-state index contributed by atoms with van der Waals surface area (Å²) < 4.78 is 50.1. The van der Waals surface area contributed by atoms with Crippen LogP contribution in [0.15, 0.2) is 30.5 Å². The van der Waals surface area contributed by atoms with Crippen molar-refractivity contribution in [1.82, 2.24) is 25.1 Å².